The molecule has 0 aromatic heterocycles. The smallest absolute Gasteiger partial charge is 0.243 e. The predicted molar refractivity (Wildman–Crippen MR) is 108 cm³/mol. The van der Waals surface area contributed by atoms with Gasteiger partial charge < -0.3 is 15.2 Å². The van der Waals surface area contributed by atoms with Gasteiger partial charge in [-0.2, -0.15) is 4.31 Å². The number of nitrogens with zero attached hydrogens (tertiary/aromatic N) is 1. The molecular weight excluding hydrogens is 364 g/mol. The van der Waals surface area contributed by atoms with E-state index in [2.05, 4.69) is 13.8 Å². The lowest BCUT2D eigenvalue weighted by Gasteiger charge is -2.33. The summed E-state index contributed by atoms with van der Waals surface area (Å²) in [6.45, 7) is 10.9. The molecule has 6 nitrogen and oxygen atoms in total. The van der Waals surface area contributed by atoms with Crippen LogP contribution in [0.15, 0.2) is 23.1 Å². The molecule has 1 heterocycles. The standard InChI is InChI=1S/C20H34N2O4S/c1-16(2)14-22(15-20(3,4)9-5-6-10-21)27(23,24)17-7-8-18-19(13-17)26-12-11-25-18/h7-8,13,16H,5-6,9-12,14-15,21H2,1-4H3. The van der Waals surface area contributed by atoms with Crippen LogP contribution in [0.3, 0.4) is 0 Å². The number of nitrogens with two attached hydrogens (primary N) is 1. The van der Waals surface area contributed by atoms with Crippen molar-refractivity contribution in [1.82, 2.24) is 4.31 Å². The van der Waals surface area contributed by atoms with Crippen LogP contribution in [0.25, 0.3) is 0 Å². The summed E-state index contributed by atoms with van der Waals surface area (Å²) in [5.41, 5.74) is 5.48. The Balaban J connectivity index is 2.25. The lowest BCUT2D eigenvalue weighted by molar-refractivity contribution is 0.171. The Morgan fingerprint density at radius 3 is 2.44 bits per heavy atom. The largest absolute Gasteiger partial charge is 0.486 e. The van der Waals surface area contributed by atoms with Crippen molar-refractivity contribution in [3.63, 3.8) is 0 Å². The van der Waals surface area contributed by atoms with Gasteiger partial charge >= 0.3 is 0 Å². The highest BCUT2D eigenvalue weighted by Crippen LogP contribution is 2.34. The fourth-order valence-electron chi connectivity index (χ4n) is 3.29. The van der Waals surface area contributed by atoms with Crippen molar-refractivity contribution in [3.05, 3.63) is 18.2 Å². The topological polar surface area (TPSA) is 81.9 Å². The van der Waals surface area contributed by atoms with Gasteiger partial charge in [0.2, 0.25) is 10.0 Å². The van der Waals surface area contributed by atoms with E-state index in [1.807, 2.05) is 13.8 Å². The minimum absolute atomic E-state index is 0.120. The molecule has 1 aliphatic heterocycles. The highest BCUT2D eigenvalue weighted by molar-refractivity contribution is 7.89. The molecule has 2 rings (SSSR count). The van der Waals surface area contributed by atoms with Crippen molar-refractivity contribution < 1.29 is 17.9 Å². The van der Waals surface area contributed by atoms with Gasteiger partial charge in [0.1, 0.15) is 13.2 Å². The highest BCUT2D eigenvalue weighted by Gasteiger charge is 2.32. The molecule has 0 fully saturated rings. The maximum atomic E-state index is 13.4. The number of fused-ring (bicyclic) bond motifs is 1. The molecule has 0 saturated carbocycles. The first-order valence-electron chi connectivity index (χ1n) is 9.75. The van der Waals surface area contributed by atoms with E-state index >= 15 is 0 Å². The molecule has 0 amide bonds. The average Bonchev–Trinajstić information content (AvgIpc) is 2.60. The molecule has 2 N–H and O–H groups in total. The monoisotopic (exact) mass is 398 g/mol. The summed E-state index contributed by atoms with van der Waals surface area (Å²) in [4.78, 5) is 0.255. The summed E-state index contributed by atoms with van der Waals surface area (Å²) < 4.78 is 39.4. The average molecular weight is 399 g/mol. The molecule has 0 unspecified atom stereocenters. The zero-order valence-electron chi connectivity index (χ0n) is 17.0. The van der Waals surface area contributed by atoms with Crippen molar-refractivity contribution in [3.8, 4) is 11.5 Å². The SMILES string of the molecule is CC(C)CN(CC(C)(C)CCCCN)S(=O)(=O)c1ccc2c(c1)OCCO2. The van der Waals surface area contributed by atoms with Crippen LogP contribution in [0.2, 0.25) is 0 Å². The number of ether oxygens (including phenoxy) is 2. The third kappa shape index (κ3) is 6.09. The molecule has 0 atom stereocenters. The molecule has 0 spiro atoms. The molecule has 1 aromatic carbocycles. The van der Waals surface area contributed by atoms with Crippen molar-refractivity contribution in [2.24, 2.45) is 17.1 Å². The Morgan fingerprint density at radius 1 is 1.15 bits per heavy atom. The first-order valence-corrected chi connectivity index (χ1v) is 11.2. The Bertz CT molecular complexity index is 717. The van der Waals surface area contributed by atoms with Crippen LogP contribution in [-0.2, 0) is 10.0 Å². The van der Waals surface area contributed by atoms with Crippen molar-refractivity contribution >= 4 is 10.0 Å². The molecule has 154 valence electrons. The highest BCUT2D eigenvalue weighted by atomic mass is 32.2. The predicted octanol–water partition coefficient (Wildman–Crippen LogP) is 3.26. The first kappa shape index (κ1) is 22.0. The molecule has 1 aliphatic rings. The zero-order valence-corrected chi connectivity index (χ0v) is 17.8. The Hall–Kier alpha value is -1.31. The van der Waals surface area contributed by atoms with Gasteiger partial charge in [-0.05, 0) is 42.9 Å². The normalized spacial score (nSPS) is 14.8. The minimum atomic E-state index is -3.62. The second-order valence-electron chi connectivity index (χ2n) is 8.41. The van der Waals surface area contributed by atoms with Gasteiger partial charge in [-0.3, -0.25) is 0 Å². The summed E-state index contributed by atoms with van der Waals surface area (Å²) in [7, 11) is -3.62. The van der Waals surface area contributed by atoms with Gasteiger partial charge in [-0.1, -0.05) is 34.1 Å². The zero-order chi connectivity index (χ0) is 20.1. The Labute approximate surface area is 164 Å². The lowest BCUT2D eigenvalue weighted by Crippen LogP contribution is -2.41. The summed E-state index contributed by atoms with van der Waals surface area (Å²) >= 11 is 0. The minimum Gasteiger partial charge on any atom is -0.486 e. The van der Waals surface area contributed by atoms with Crippen LogP contribution >= 0.6 is 0 Å². The lowest BCUT2D eigenvalue weighted by atomic mass is 9.87. The Kier molecular flexibility index (Phi) is 7.54. The molecule has 0 aliphatic carbocycles. The molecular formula is C20H34N2O4S. The van der Waals surface area contributed by atoms with Crippen molar-refractivity contribution in [2.75, 3.05) is 32.8 Å². The molecule has 7 heteroatoms. The summed E-state index contributed by atoms with van der Waals surface area (Å²) in [6, 6.07) is 4.87. The molecule has 0 bridgehead atoms. The van der Waals surface area contributed by atoms with Crippen LogP contribution in [-0.4, -0.2) is 45.6 Å². The van der Waals surface area contributed by atoms with Gasteiger partial charge in [0.15, 0.2) is 11.5 Å². The van der Waals surface area contributed by atoms with Crippen LogP contribution < -0.4 is 15.2 Å². The van der Waals surface area contributed by atoms with E-state index in [0.29, 0.717) is 44.3 Å². The second-order valence-corrected chi connectivity index (χ2v) is 10.3. The molecule has 0 saturated heterocycles. The van der Waals surface area contributed by atoms with E-state index in [0.717, 1.165) is 19.3 Å². The number of benzene rings is 1. The number of hydrogen-bond donors (Lipinski definition) is 1. The van der Waals surface area contributed by atoms with E-state index in [9.17, 15) is 8.42 Å². The van der Waals surface area contributed by atoms with Crippen LogP contribution in [0, 0.1) is 11.3 Å². The van der Waals surface area contributed by atoms with Crippen molar-refractivity contribution in [2.45, 2.75) is 51.9 Å². The van der Waals surface area contributed by atoms with Crippen LogP contribution in [0.4, 0.5) is 0 Å². The van der Waals surface area contributed by atoms with E-state index in [4.69, 9.17) is 15.2 Å². The maximum Gasteiger partial charge on any atom is 0.243 e. The summed E-state index contributed by atoms with van der Waals surface area (Å²) in [5.74, 6) is 1.32. The fourth-order valence-corrected chi connectivity index (χ4v) is 5.10. The van der Waals surface area contributed by atoms with E-state index in [1.54, 1.807) is 22.5 Å². The fraction of sp³-hybridized carbons (Fsp3) is 0.700. The van der Waals surface area contributed by atoms with Gasteiger partial charge in [0.05, 0.1) is 4.90 Å². The number of unbranched alkanes of at least 4 members (excludes halogenated alkanes) is 1. The summed E-state index contributed by atoms with van der Waals surface area (Å²) in [5, 5.41) is 0. The molecule has 1 aromatic rings. The van der Waals surface area contributed by atoms with Gasteiger partial charge in [-0.15, -0.1) is 0 Å². The number of sulfonamides is 1. The quantitative estimate of drug-likeness (QED) is 0.612. The third-order valence-electron chi connectivity index (χ3n) is 4.63. The third-order valence-corrected chi connectivity index (χ3v) is 6.44. The maximum absolute atomic E-state index is 13.4. The van der Waals surface area contributed by atoms with Gasteiger partial charge in [-0.25, -0.2) is 8.42 Å². The van der Waals surface area contributed by atoms with Crippen LogP contribution in [0.5, 0.6) is 11.5 Å². The van der Waals surface area contributed by atoms with Crippen LogP contribution in [0.1, 0.15) is 47.0 Å². The first-order chi connectivity index (χ1) is 12.7. The molecule has 27 heavy (non-hydrogen) atoms. The Morgan fingerprint density at radius 2 is 1.81 bits per heavy atom. The van der Waals surface area contributed by atoms with E-state index in [1.165, 1.54) is 0 Å². The molecule has 0 radical (unpaired) electrons. The second kappa shape index (κ2) is 9.26. The van der Waals surface area contributed by atoms with Gasteiger partial charge in [0, 0.05) is 19.2 Å². The van der Waals surface area contributed by atoms with E-state index < -0.39 is 10.0 Å². The van der Waals surface area contributed by atoms with Gasteiger partial charge in [0.25, 0.3) is 0 Å². The van der Waals surface area contributed by atoms with Crippen molar-refractivity contribution in [1.29, 1.82) is 0 Å². The number of rotatable bonds is 10. The summed E-state index contributed by atoms with van der Waals surface area (Å²) in [6.07, 6.45) is 2.90. The van der Waals surface area contributed by atoms with E-state index in [-0.39, 0.29) is 16.2 Å². The number of hydrogen-bond acceptors (Lipinski definition) is 5.